The summed E-state index contributed by atoms with van der Waals surface area (Å²) in [5.74, 6) is 0. The molecule has 1 aliphatic rings. The van der Waals surface area contributed by atoms with Gasteiger partial charge < -0.3 is 0 Å². The Bertz CT molecular complexity index is 520. The molecule has 0 aliphatic carbocycles. The van der Waals surface area contributed by atoms with E-state index in [1.807, 2.05) is 13.8 Å². The first-order valence-electron chi connectivity index (χ1n) is 6.22. The third-order valence-electron chi connectivity index (χ3n) is 3.48. The molecule has 0 N–H and O–H groups in total. The molecule has 0 radical (unpaired) electrons. The van der Waals surface area contributed by atoms with E-state index in [1.165, 1.54) is 6.07 Å². The Morgan fingerprint density at radius 1 is 1.22 bits per heavy atom. The van der Waals surface area contributed by atoms with E-state index in [0.717, 1.165) is 19.3 Å². The Kier molecular flexibility index (Phi) is 3.99. The second-order valence-electron chi connectivity index (χ2n) is 4.92. The van der Waals surface area contributed by atoms with Crippen LogP contribution in [0, 0.1) is 0 Å². The minimum Gasteiger partial charge on any atom is -0.207 e. The van der Waals surface area contributed by atoms with Gasteiger partial charge in [-0.3, -0.25) is 0 Å². The summed E-state index contributed by atoms with van der Waals surface area (Å²) in [5.41, 5.74) is 0. The summed E-state index contributed by atoms with van der Waals surface area (Å²) in [6.45, 7) is 3.94. The summed E-state index contributed by atoms with van der Waals surface area (Å²) in [6, 6.07) is 6.59. The van der Waals surface area contributed by atoms with Crippen LogP contribution in [0.15, 0.2) is 29.2 Å². The van der Waals surface area contributed by atoms with Crippen molar-refractivity contribution < 1.29 is 8.42 Å². The van der Waals surface area contributed by atoms with Crippen molar-refractivity contribution in [2.75, 3.05) is 0 Å². The fraction of sp³-hybridized carbons (Fsp3) is 0.538. The predicted molar refractivity (Wildman–Crippen MR) is 73.3 cm³/mol. The third kappa shape index (κ3) is 2.56. The van der Waals surface area contributed by atoms with Gasteiger partial charge >= 0.3 is 0 Å². The number of piperidine rings is 1. The molecule has 1 aromatic rings. The molecule has 0 aromatic heterocycles. The van der Waals surface area contributed by atoms with Crippen LogP contribution in [0.25, 0.3) is 0 Å². The number of halogens is 1. The Labute approximate surface area is 114 Å². The van der Waals surface area contributed by atoms with E-state index in [-0.39, 0.29) is 17.0 Å². The molecule has 2 unspecified atom stereocenters. The van der Waals surface area contributed by atoms with Crippen molar-refractivity contribution in [1.82, 2.24) is 4.31 Å². The van der Waals surface area contributed by atoms with Gasteiger partial charge in [0.2, 0.25) is 10.0 Å². The quantitative estimate of drug-likeness (QED) is 0.837. The molecule has 0 amide bonds. The highest BCUT2D eigenvalue weighted by molar-refractivity contribution is 7.89. The first kappa shape index (κ1) is 13.8. The molecule has 0 spiro atoms. The van der Waals surface area contributed by atoms with E-state index in [1.54, 1.807) is 22.5 Å². The monoisotopic (exact) mass is 287 g/mol. The van der Waals surface area contributed by atoms with Crippen LogP contribution >= 0.6 is 11.6 Å². The maximum atomic E-state index is 12.6. The third-order valence-corrected chi connectivity index (χ3v) is 5.84. The van der Waals surface area contributed by atoms with Gasteiger partial charge in [0.1, 0.15) is 0 Å². The van der Waals surface area contributed by atoms with E-state index in [9.17, 15) is 8.42 Å². The van der Waals surface area contributed by atoms with Crippen LogP contribution in [0.3, 0.4) is 0 Å². The molecule has 18 heavy (non-hydrogen) atoms. The van der Waals surface area contributed by atoms with E-state index in [2.05, 4.69) is 0 Å². The van der Waals surface area contributed by atoms with E-state index in [0.29, 0.717) is 5.02 Å². The normalized spacial score (nSPS) is 26.2. The molecule has 1 aromatic carbocycles. The summed E-state index contributed by atoms with van der Waals surface area (Å²) in [4.78, 5) is 0.288. The molecule has 5 heteroatoms. The standard InChI is InChI=1S/C13H18ClNO2S/c1-10-5-3-6-11(2)15(10)18(16,17)13-8-4-7-12(14)9-13/h4,7-11H,3,5-6H2,1-2H3. The van der Waals surface area contributed by atoms with Gasteiger partial charge in [-0.15, -0.1) is 0 Å². The minimum absolute atomic E-state index is 0.0535. The molecule has 0 bridgehead atoms. The van der Waals surface area contributed by atoms with E-state index < -0.39 is 10.0 Å². The zero-order valence-electron chi connectivity index (χ0n) is 10.6. The fourth-order valence-electron chi connectivity index (χ4n) is 2.62. The maximum Gasteiger partial charge on any atom is 0.243 e. The van der Waals surface area contributed by atoms with Crippen molar-refractivity contribution in [1.29, 1.82) is 0 Å². The van der Waals surface area contributed by atoms with Crippen molar-refractivity contribution >= 4 is 21.6 Å². The van der Waals surface area contributed by atoms with Crippen LogP contribution in [0.5, 0.6) is 0 Å². The first-order valence-corrected chi connectivity index (χ1v) is 8.04. The number of sulfonamides is 1. The van der Waals surface area contributed by atoms with Crippen LogP contribution < -0.4 is 0 Å². The molecule has 0 saturated carbocycles. The van der Waals surface area contributed by atoms with Crippen LogP contribution in [0.2, 0.25) is 5.02 Å². The van der Waals surface area contributed by atoms with Gasteiger partial charge in [0.05, 0.1) is 4.90 Å². The lowest BCUT2D eigenvalue weighted by atomic mass is 10.0. The van der Waals surface area contributed by atoms with Crippen molar-refractivity contribution in [3.8, 4) is 0 Å². The zero-order chi connectivity index (χ0) is 13.3. The average Bonchev–Trinajstić information content (AvgIpc) is 2.28. The molecule has 3 nitrogen and oxygen atoms in total. The second-order valence-corrected chi connectivity index (χ2v) is 7.20. The van der Waals surface area contributed by atoms with Crippen molar-refractivity contribution in [2.45, 2.75) is 50.1 Å². The Morgan fingerprint density at radius 3 is 2.39 bits per heavy atom. The highest BCUT2D eigenvalue weighted by atomic mass is 35.5. The summed E-state index contributed by atoms with van der Waals surface area (Å²) in [7, 11) is -3.43. The Hall–Kier alpha value is -0.580. The molecule has 2 atom stereocenters. The highest BCUT2D eigenvalue weighted by Gasteiger charge is 2.35. The predicted octanol–water partition coefficient (Wildman–Crippen LogP) is 3.29. The van der Waals surface area contributed by atoms with Crippen LogP contribution in [0.4, 0.5) is 0 Å². The molecule has 1 heterocycles. The fourth-order valence-corrected chi connectivity index (χ4v) is 4.80. The Morgan fingerprint density at radius 2 is 1.83 bits per heavy atom. The smallest absolute Gasteiger partial charge is 0.207 e. The van der Waals surface area contributed by atoms with E-state index in [4.69, 9.17) is 11.6 Å². The van der Waals surface area contributed by atoms with Gasteiger partial charge in [-0.05, 0) is 44.9 Å². The van der Waals surface area contributed by atoms with Gasteiger partial charge in [0, 0.05) is 17.1 Å². The molecular formula is C13H18ClNO2S. The highest BCUT2D eigenvalue weighted by Crippen LogP contribution is 2.30. The number of nitrogens with zero attached hydrogens (tertiary/aromatic N) is 1. The summed E-state index contributed by atoms with van der Waals surface area (Å²) in [6.07, 6.45) is 2.93. The van der Waals surface area contributed by atoms with Crippen LogP contribution in [-0.2, 0) is 10.0 Å². The second kappa shape index (κ2) is 5.19. The lowest BCUT2D eigenvalue weighted by molar-refractivity contribution is 0.204. The van der Waals surface area contributed by atoms with Gasteiger partial charge in [0.15, 0.2) is 0 Å². The van der Waals surface area contributed by atoms with Gasteiger partial charge in [-0.1, -0.05) is 24.1 Å². The van der Waals surface area contributed by atoms with E-state index >= 15 is 0 Å². The molecule has 1 saturated heterocycles. The molecular weight excluding hydrogens is 270 g/mol. The molecule has 100 valence electrons. The topological polar surface area (TPSA) is 37.4 Å². The number of hydrogen-bond donors (Lipinski definition) is 0. The average molecular weight is 288 g/mol. The van der Waals surface area contributed by atoms with Gasteiger partial charge in [0.25, 0.3) is 0 Å². The largest absolute Gasteiger partial charge is 0.243 e. The lowest BCUT2D eigenvalue weighted by Gasteiger charge is -2.37. The molecule has 2 rings (SSSR count). The first-order chi connectivity index (χ1) is 8.43. The number of hydrogen-bond acceptors (Lipinski definition) is 2. The number of rotatable bonds is 2. The zero-order valence-corrected chi connectivity index (χ0v) is 12.2. The van der Waals surface area contributed by atoms with Gasteiger partial charge in [-0.25, -0.2) is 8.42 Å². The van der Waals surface area contributed by atoms with Gasteiger partial charge in [-0.2, -0.15) is 4.31 Å². The van der Waals surface area contributed by atoms with Crippen molar-refractivity contribution in [2.24, 2.45) is 0 Å². The molecule has 1 aliphatic heterocycles. The summed E-state index contributed by atoms with van der Waals surface area (Å²) >= 11 is 5.88. The summed E-state index contributed by atoms with van der Waals surface area (Å²) in [5, 5.41) is 0.452. The van der Waals surface area contributed by atoms with Crippen molar-refractivity contribution in [3.63, 3.8) is 0 Å². The Balaban J connectivity index is 2.41. The lowest BCUT2D eigenvalue weighted by Crippen LogP contribution is -2.47. The SMILES string of the molecule is CC1CCCC(C)N1S(=O)(=O)c1cccc(Cl)c1. The number of benzene rings is 1. The molecule has 1 fully saturated rings. The summed E-state index contributed by atoms with van der Waals surface area (Å²) < 4.78 is 26.9. The maximum absolute atomic E-state index is 12.6. The van der Waals surface area contributed by atoms with Crippen LogP contribution in [0.1, 0.15) is 33.1 Å². The van der Waals surface area contributed by atoms with Crippen molar-refractivity contribution in [3.05, 3.63) is 29.3 Å². The van der Waals surface area contributed by atoms with Crippen LogP contribution in [-0.4, -0.2) is 24.8 Å². The minimum atomic E-state index is -3.43.